The minimum Gasteiger partial charge on any atom is -0.371 e. The van der Waals surface area contributed by atoms with Crippen molar-refractivity contribution in [2.45, 2.75) is 58.3 Å². The van der Waals surface area contributed by atoms with Crippen LogP contribution in [0, 0.1) is 0 Å². The lowest BCUT2D eigenvalue weighted by atomic mass is 10.1. The summed E-state index contributed by atoms with van der Waals surface area (Å²) in [5, 5.41) is 6.03. The van der Waals surface area contributed by atoms with Crippen molar-refractivity contribution in [3.05, 3.63) is 23.8 Å². The van der Waals surface area contributed by atoms with Crippen LogP contribution in [-0.2, 0) is 4.79 Å². The van der Waals surface area contributed by atoms with Gasteiger partial charge >= 0.3 is 0 Å². The van der Waals surface area contributed by atoms with Crippen LogP contribution in [0.3, 0.4) is 0 Å². The van der Waals surface area contributed by atoms with Gasteiger partial charge in [0.05, 0.1) is 26.2 Å². The van der Waals surface area contributed by atoms with Gasteiger partial charge in [0.25, 0.3) is 5.91 Å². The topological polar surface area (TPSA) is 65.9 Å². The average Bonchev–Trinajstić information content (AvgIpc) is 3.23. The molecule has 0 aromatic heterocycles. The number of nitrogens with zero attached hydrogens (tertiary/aromatic N) is 1. The Morgan fingerprint density at radius 3 is 2.52 bits per heavy atom. The maximum absolute atomic E-state index is 12.9. The van der Waals surface area contributed by atoms with Crippen LogP contribution in [0.4, 0.5) is 11.4 Å². The molecule has 1 aliphatic heterocycles. The van der Waals surface area contributed by atoms with Crippen molar-refractivity contribution in [2.75, 3.05) is 50.5 Å². The number of amides is 2. The number of carbonyl (C=O) groups is 2. The summed E-state index contributed by atoms with van der Waals surface area (Å²) in [5.74, 6) is -0.0324. The first-order valence-electron chi connectivity index (χ1n) is 11.3. The SMILES string of the molecule is CCCCCCC(=O)Nc1ccc(N2CCCC2)c(C(=O)NCCC[NH+](C)C)c1. The maximum atomic E-state index is 12.9. The highest BCUT2D eigenvalue weighted by Crippen LogP contribution is 2.27. The number of hydrogen-bond acceptors (Lipinski definition) is 3. The molecular weight excluding hydrogens is 364 g/mol. The molecule has 0 aliphatic carbocycles. The van der Waals surface area contributed by atoms with E-state index < -0.39 is 0 Å². The fourth-order valence-corrected chi connectivity index (χ4v) is 3.70. The minimum absolute atomic E-state index is 0.0235. The van der Waals surface area contributed by atoms with Crippen LogP contribution in [0.2, 0.25) is 0 Å². The second-order valence-corrected chi connectivity index (χ2v) is 8.35. The number of anilines is 2. The zero-order chi connectivity index (χ0) is 21.1. The number of quaternary nitrogens is 1. The third kappa shape index (κ3) is 8.05. The van der Waals surface area contributed by atoms with Crippen molar-refractivity contribution in [2.24, 2.45) is 0 Å². The van der Waals surface area contributed by atoms with E-state index in [4.69, 9.17) is 0 Å². The van der Waals surface area contributed by atoms with Gasteiger partial charge in [0.1, 0.15) is 0 Å². The molecule has 6 heteroatoms. The molecule has 0 radical (unpaired) electrons. The van der Waals surface area contributed by atoms with Crippen LogP contribution in [0.1, 0.15) is 68.6 Å². The molecule has 1 aromatic rings. The summed E-state index contributed by atoms with van der Waals surface area (Å²) in [5.41, 5.74) is 2.34. The smallest absolute Gasteiger partial charge is 0.253 e. The molecule has 1 aromatic carbocycles. The molecule has 0 atom stereocenters. The van der Waals surface area contributed by atoms with Gasteiger partial charge in [-0.3, -0.25) is 9.59 Å². The van der Waals surface area contributed by atoms with Crippen molar-refractivity contribution in [1.82, 2.24) is 5.32 Å². The summed E-state index contributed by atoms with van der Waals surface area (Å²) >= 11 is 0. The van der Waals surface area contributed by atoms with Crippen molar-refractivity contribution in [1.29, 1.82) is 0 Å². The Bertz CT molecular complexity index is 654. The molecule has 3 N–H and O–H groups in total. The molecule has 6 nitrogen and oxygen atoms in total. The predicted molar refractivity (Wildman–Crippen MR) is 120 cm³/mol. The van der Waals surface area contributed by atoms with E-state index in [0.717, 1.165) is 70.3 Å². The Morgan fingerprint density at radius 2 is 1.83 bits per heavy atom. The van der Waals surface area contributed by atoms with Gasteiger partial charge in [-0.15, -0.1) is 0 Å². The van der Waals surface area contributed by atoms with Gasteiger partial charge in [-0.1, -0.05) is 26.2 Å². The second-order valence-electron chi connectivity index (χ2n) is 8.35. The fraction of sp³-hybridized carbons (Fsp3) is 0.652. The summed E-state index contributed by atoms with van der Waals surface area (Å²) in [4.78, 5) is 28.8. The van der Waals surface area contributed by atoms with Crippen LogP contribution in [-0.4, -0.2) is 52.1 Å². The molecule has 2 amide bonds. The molecule has 29 heavy (non-hydrogen) atoms. The molecule has 0 saturated carbocycles. The Morgan fingerprint density at radius 1 is 1.07 bits per heavy atom. The van der Waals surface area contributed by atoms with Gasteiger partial charge in [0.15, 0.2) is 0 Å². The van der Waals surface area contributed by atoms with Crippen LogP contribution >= 0.6 is 0 Å². The monoisotopic (exact) mass is 403 g/mol. The Labute approximate surface area is 176 Å². The van der Waals surface area contributed by atoms with Crippen molar-refractivity contribution in [3.63, 3.8) is 0 Å². The first-order chi connectivity index (χ1) is 14.0. The number of rotatable bonds is 12. The zero-order valence-electron chi connectivity index (χ0n) is 18.5. The quantitative estimate of drug-likeness (QED) is 0.470. The first-order valence-corrected chi connectivity index (χ1v) is 11.3. The normalized spacial score (nSPS) is 13.7. The predicted octanol–water partition coefficient (Wildman–Crippen LogP) is 2.46. The summed E-state index contributed by atoms with van der Waals surface area (Å²) < 4.78 is 0. The largest absolute Gasteiger partial charge is 0.371 e. The van der Waals surface area contributed by atoms with E-state index in [9.17, 15) is 9.59 Å². The van der Waals surface area contributed by atoms with Gasteiger partial charge in [-0.05, 0) is 37.5 Å². The zero-order valence-corrected chi connectivity index (χ0v) is 18.5. The summed E-state index contributed by atoms with van der Waals surface area (Å²) in [6.07, 6.45) is 8.10. The van der Waals surface area contributed by atoms with Crippen molar-refractivity contribution < 1.29 is 14.5 Å². The summed E-state index contributed by atoms with van der Waals surface area (Å²) in [6, 6.07) is 5.74. The fourth-order valence-electron chi connectivity index (χ4n) is 3.70. The number of benzene rings is 1. The highest BCUT2D eigenvalue weighted by atomic mass is 16.2. The molecule has 1 aliphatic rings. The summed E-state index contributed by atoms with van der Waals surface area (Å²) in [6.45, 7) is 5.81. The maximum Gasteiger partial charge on any atom is 0.253 e. The summed E-state index contributed by atoms with van der Waals surface area (Å²) in [7, 11) is 4.23. The van der Waals surface area contributed by atoms with Gasteiger partial charge in [-0.25, -0.2) is 0 Å². The lowest BCUT2D eigenvalue weighted by molar-refractivity contribution is -0.858. The van der Waals surface area contributed by atoms with E-state index >= 15 is 0 Å². The van der Waals surface area contributed by atoms with Gasteiger partial charge in [0.2, 0.25) is 5.91 Å². The second kappa shape index (κ2) is 12.5. The van der Waals surface area contributed by atoms with Crippen molar-refractivity contribution in [3.8, 4) is 0 Å². The number of nitrogens with one attached hydrogen (secondary N) is 3. The van der Waals surface area contributed by atoms with Gasteiger partial charge in [-0.2, -0.15) is 0 Å². The lowest BCUT2D eigenvalue weighted by Crippen LogP contribution is -3.05. The number of carbonyl (C=O) groups excluding carboxylic acids is 2. The highest BCUT2D eigenvalue weighted by Gasteiger charge is 2.20. The van der Waals surface area contributed by atoms with Gasteiger partial charge in [0, 0.05) is 43.9 Å². The molecule has 0 unspecified atom stereocenters. The van der Waals surface area contributed by atoms with E-state index in [2.05, 4.69) is 36.6 Å². The minimum atomic E-state index is -0.0558. The third-order valence-corrected chi connectivity index (χ3v) is 5.37. The molecule has 1 fully saturated rings. The standard InChI is InChI=1S/C23H38N4O2/c1-4-5-6-7-11-22(28)25-19-12-13-21(27-16-8-9-17-27)20(18-19)23(29)24-14-10-15-26(2)3/h12-13,18H,4-11,14-17H2,1-3H3,(H,24,29)(H,25,28)/p+1. The average molecular weight is 404 g/mol. The molecule has 1 saturated heterocycles. The Balaban J connectivity index is 2.03. The third-order valence-electron chi connectivity index (χ3n) is 5.37. The van der Waals surface area contributed by atoms with Crippen LogP contribution in [0.25, 0.3) is 0 Å². The molecular formula is C23H39N4O2+. The molecule has 0 spiro atoms. The first kappa shape index (κ1) is 23.2. The van der Waals surface area contributed by atoms with E-state index in [1.165, 1.54) is 4.90 Å². The lowest BCUT2D eigenvalue weighted by Gasteiger charge is -2.22. The number of hydrogen-bond donors (Lipinski definition) is 3. The van der Waals surface area contributed by atoms with Crippen LogP contribution in [0.15, 0.2) is 18.2 Å². The van der Waals surface area contributed by atoms with Gasteiger partial charge < -0.3 is 20.4 Å². The van der Waals surface area contributed by atoms with Crippen LogP contribution < -0.4 is 20.4 Å². The molecule has 2 rings (SSSR count). The van der Waals surface area contributed by atoms with E-state index in [1.807, 2.05) is 18.2 Å². The van der Waals surface area contributed by atoms with E-state index in [0.29, 0.717) is 24.2 Å². The molecule has 162 valence electrons. The highest BCUT2D eigenvalue weighted by molar-refractivity contribution is 6.02. The van der Waals surface area contributed by atoms with Crippen molar-refractivity contribution >= 4 is 23.2 Å². The molecule has 0 bridgehead atoms. The van der Waals surface area contributed by atoms with E-state index in [-0.39, 0.29) is 11.8 Å². The number of unbranched alkanes of at least 4 members (excludes halogenated alkanes) is 3. The Hall–Kier alpha value is -2.08. The van der Waals surface area contributed by atoms with Crippen LogP contribution in [0.5, 0.6) is 0 Å². The Kier molecular flexibility index (Phi) is 9.98. The molecule has 1 heterocycles. The van der Waals surface area contributed by atoms with E-state index in [1.54, 1.807) is 0 Å².